The van der Waals surface area contributed by atoms with Crippen molar-refractivity contribution in [3.63, 3.8) is 0 Å². The molecule has 1 fully saturated rings. The van der Waals surface area contributed by atoms with Crippen molar-refractivity contribution >= 4 is 27.3 Å². The van der Waals surface area contributed by atoms with Gasteiger partial charge in [0.2, 0.25) is 15.9 Å². The van der Waals surface area contributed by atoms with Crippen LogP contribution in [0.2, 0.25) is 0 Å². The first-order chi connectivity index (χ1) is 9.76. The Kier molecular flexibility index (Phi) is 4.53. The van der Waals surface area contributed by atoms with Gasteiger partial charge in [-0.05, 0) is 37.1 Å². The van der Waals surface area contributed by atoms with Gasteiger partial charge in [-0.2, -0.15) is 0 Å². The highest BCUT2D eigenvalue weighted by Gasteiger charge is 2.31. The molecule has 0 unspecified atom stereocenters. The molecule has 2 rings (SSSR count). The van der Waals surface area contributed by atoms with E-state index < -0.39 is 10.0 Å². The molecule has 21 heavy (non-hydrogen) atoms. The number of nitrogens with two attached hydrogens (primary N) is 1. The van der Waals surface area contributed by atoms with Crippen LogP contribution >= 0.6 is 0 Å². The number of nitrogens with one attached hydrogen (secondary N) is 2. The quantitative estimate of drug-likeness (QED) is 0.769. The molecular formula is C14H21N3O3S. The summed E-state index contributed by atoms with van der Waals surface area (Å²) >= 11 is 0. The van der Waals surface area contributed by atoms with Crippen LogP contribution in [0.1, 0.15) is 32.1 Å². The van der Waals surface area contributed by atoms with Crippen LogP contribution in [0, 0.1) is 0 Å². The summed E-state index contributed by atoms with van der Waals surface area (Å²) in [6, 6.07) is 6.52. The fraction of sp³-hybridized carbons (Fsp3) is 0.500. The molecule has 0 atom stereocenters. The number of carbonyl (C=O) groups excluding carboxylic acids is 1. The van der Waals surface area contributed by atoms with Crippen LogP contribution in [0.3, 0.4) is 0 Å². The molecule has 0 heterocycles. The minimum Gasteiger partial charge on any atom is -0.326 e. The molecule has 1 aromatic rings. The Morgan fingerprint density at radius 1 is 1.19 bits per heavy atom. The summed E-state index contributed by atoms with van der Waals surface area (Å²) in [5, 5.41) is 2.79. The summed E-state index contributed by atoms with van der Waals surface area (Å²) in [5.74, 6) is -0.108. The molecule has 4 N–H and O–H groups in total. The molecule has 1 aliphatic carbocycles. The van der Waals surface area contributed by atoms with Crippen LogP contribution < -0.4 is 15.8 Å². The number of hydrogen-bond acceptors (Lipinski definition) is 4. The number of anilines is 2. The second-order valence-corrected chi connectivity index (χ2v) is 7.49. The Labute approximate surface area is 125 Å². The van der Waals surface area contributed by atoms with Gasteiger partial charge in [0.05, 0.1) is 6.26 Å². The van der Waals surface area contributed by atoms with Gasteiger partial charge in [0.25, 0.3) is 0 Å². The van der Waals surface area contributed by atoms with E-state index in [1.807, 2.05) is 0 Å². The highest BCUT2D eigenvalue weighted by Crippen LogP contribution is 2.30. The van der Waals surface area contributed by atoms with Crippen LogP contribution in [0.15, 0.2) is 24.3 Å². The van der Waals surface area contributed by atoms with Gasteiger partial charge < -0.3 is 11.1 Å². The maximum atomic E-state index is 12.0. The summed E-state index contributed by atoms with van der Waals surface area (Å²) in [6.07, 6.45) is 5.34. The Bertz CT molecular complexity index is 605. The third kappa shape index (κ3) is 5.02. The third-order valence-electron chi connectivity index (χ3n) is 3.58. The van der Waals surface area contributed by atoms with Crippen molar-refractivity contribution in [3.8, 4) is 0 Å². The average Bonchev–Trinajstić information content (AvgIpc) is 2.76. The molecule has 6 nitrogen and oxygen atoms in total. The summed E-state index contributed by atoms with van der Waals surface area (Å²) in [6.45, 7) is 0. The number of rotatable bonds is 5. The standard InChI is InChI=1S/C14H21N3O3S/c1-21(19,20)17-12-6-4-11(5-7-12)16-13(18)10-14(15)8-2-3-9-14/h4-7,17H,2-3,8-10,15H2,1H3,(H,16,18). The monoisotopic (exact) mass is 311 g/mol. The lowest BCUT2D eigenvalue weighted by Crippen LogP contribution is -2.40. The van der Waals surface area contributed by atoms with E-state index in [4.69, 9.17) is 5.73 Å². The molecule has 0 aromatic heterocycles. The Balaban J connectivity index is 1.92. The summed E-state index contributed by atoms with van der Waals surface area (Å²) in [7, 11) is -3.29. The van der Waals surface area contributed by atoms with Crippen molar-refractivity contribution in [3.05, 3.63) is 24.3 Å². The lowest BCUT2D eigenvalue weighted by Gasteiger charge is -2.22. The smallest absolute Gasteiger partial charge is 0.229 e. The Morgan fingerprint density at radius 3 is 2.24 bits per heavy atom. The van der Waals surface area contributed by atoms with Gasteiger partial charge in [-0.25, -0.2) is 8.42 Å². The maximum Gasteiger partial charge on any atom is 0.229 e. The van der Waals surface area contributed by atoms with E-state index >= 15 is 0 Å². The van der Waals surface area contributed by atoms with E-state index in [0.29, 0.717) is 17.8 Å². The first-order valence-electron chi connectivity index (χ1n) is 6.92. The number of hydrogen-bond donors (Lipinski definition) is 3. The Morgan fingerprint density at radius 2 is 1.71 bits per heavy atom. The van der Waals surface area contributed by atoms with E-state index in [-0.39, 0.29) is 11.4 Å². The molecule has 0 spiro atoms. The van der Waals surface area contributed by atoms with Crippen molar-refractivity contribution in [1.29, 1.82) is 0 Å². The van der Waals surface area contributed by atoms with Crippen LogP contribution in [0.25, 0.3) is 0 Å². The normalized spacial score (nSPS) is 17.4. The molecule has 1 aliphatic rings. The molecular weight excluding hydrogens is 290 g/mol. The largest absolute Gasteiger partial charge is 0.326 e. The number of sulfonamides is 1. The van der Waals surface area contributed by atoms with E-state index in [1.54, 1.807) is 24.3 Å². The number of carbonyl (C=O) groups is 1. The fourth-order valence-corrected chi connectivity index (χ4v) is 3.18. The molecule has 116 valence electrons. The number of benzene rings is 1. The average molecular weight is 311 g/mol. The molecule has 0 bridgehead atoms. The first kappa shape index (κ1) is 15.8. The second-order valence-electron chi connectivity index (χ2n) is 5.75. The maximum absolute atomic E-state index is 12.0. The van der Waals surface area contributed by atoms with Crippen molar-refractivity contribution in [2.75, 3.05) is 16.3 Å². The van der Waals surface area contributed by atoms with Crippen LogP contribution in [-0.2, 0) is 14.8 Å². The zero-order chi connectivity index (χ0) is 15.5. The highest BCUT2D eigenvalue weighted by molar-refractivity contribution is 7.92. The zero-order valence-corrected chi connectivity index (χ0v) is 12.9. The zero-order valence-electron chi connectivity index (χ0n) is 12.1. The summed E-state index contributed by atoms with van der Waals surface area (Å²) < 4.78 is 24.6. The lowest BCUT2D eigenvalue weighted by atomic mass is 9.94. The first-order valence-corrected chi connectivity index (χ1v) is 8.82. The molecule has 1 saturated carbocycles. The van der Waals surface area contributed by atoms with Gasteiger partial charge in [-0.1, -0.05) is 12.8 Å². The Hall–Kier alpha value is -1.60. The van der Waals surface area contributed by atoms with E-state index in [9.17, 15) is 13.2 Å². The third-order valence-corrected chi connectivity index (χ3v) is 4.19. The molecule has 0 saturated heterocycles. The predicted octanol–water partition coefficient (Wildman–Crippen LogP) is 1.66. The van der Waals surface area contributed by atoms with Gasteiger partial charge in [0, 0.05) is 23.3 Å². The number of amides is 1. The van der Waals surface area contributed by atoms with Crippen LogP contribution in [0.4, 0.5) is 11.4 Å². The molecule has 0 radical (unpaired) electrons. The SMILES string of the molecule is CS(=O)(=O)Nc1ccc(NC(=O)CC2(N)CCCC2)cc1. The highest BCUT2D eigenvalue weighted by atomic mass is 32.2. The topological polar surface area (TPSA) is 101 Å². The molecule has 1 aromatic carbocycles. The predicted molar refractivity (Wildman–Crippen MR) is 83.5 cm³/mol. The van der Waals surface area contributed by atoms with Gasteiger partial charge in [-0.3, -0.25) is 9.52 Å². The van der Waals surface area contributed by atoms with Crippen molar-refractivity contribution in [2.24, 2.45) is 5.73 Å². The van der Waals surface area contributed by atoms with Crippen molar-refractivity contribution in [2.45, 2.75) is 37.6 Å². The molecule has 7 heteroatoms. The molecule has 0 aliphatic heterocycles. The van der Waals surface area contributed by atoms with Crippen LogP contribution in [-0.4, -0.2) is 26.1 Å². The second kappa shape index (κ2) is 6.03. The fourth-order valence-electron chi connectivity index (χ4n) is 2.62. The van der Waals surface area contributed by atoms with Gasteiger partial charge >= 0.3 is 0 Å². The minimum absolute atomic E-state index is 0.108. The van der Waals surface area contributed by atoms with E-state index in [0.717, 1.165) is 31.9 Å². The van der Waals surface area contributed by atoms with Crippen molar-refractivity contribution in [1.82, 2.24) is 0 Å². The van der Waals surface area contributed by atoms with E-state index in [1.165, 1.54) is 0 Å². The van der Waals surface area contributed by atoms with Gasteiger partial charge in [-0.15, -0.1) is 0 Å². The lowest BCUT2D eigenvalue weighted by molar-refractivity contribution is -0.117. The van der Waals surface area contributed by atoms with Crippen LogP contribution in [0.5, 0.6) is 0 Å². The summed E-state index contributed by atoms with van der Waals surface area (Å²) in [5.41, 5.74) is 6.88. The van der Waals surface area contributed by atoms with Gasteiger partial charge in [0.15, 0.2) is 0 Å². The minimum atomic E-state index is -3.29. The molecule has 1 amide bonds. The summed E-state index contributed by atoms with van der Waals surface area (Å²) in [4.78, 5) is 12.0. The van der Waals surface area contributed by atoms with Gasteiger partial charge in [0.1, 0.15) is 0 Å². The van der Waals surface area contributed by atoms with E-state index in [2.05, 4.69) is 10.0 Å². The van der Waals surface area contributed by atoms with Crippen molar-refractivity contribution < 1.29 is 13.2 Å².